The zero-order valence-corrected chi connectivity index (χ0v) is 13.4. The fraction of sp³-hybridized carbons (Fsp3) is 0.333. The molecular formula is C15H16Cl2N2O2. The maximum atomic E-state index is 12.3. The number of pyridine rings is 1. The van der Waals surface area contributed by atoms with Gasteiger partial charge in [0, 0.05) is 35.4 Å². The van der Waals surface area contributed by atoms with Crippen molar-refractivity contribution >= 4 is 29.0 Å². The maximum absolute atomic E-state index is 12.3. The first-order chi connectivity index (χ1) is 9.87. The van der Waals surface area contributed by atoms with Gasteiger partial charge < -0.3 is 9.30 Å². The lowest BCUT2D eigenvalue weighted by Crippen LogP contribution is -2.33. The predicted molar refractivity (Wildman–Crippen MR) is 83.0 cm³/mol. The molecule has 0 radical (unpaired) electrons. The number of ether oxygens (including phenoxy) is 1. The van der Waals surface area contributed by atoms with Crippen LogP contribution in [0.25, 0.3) is 0 Å². The van der Waals surface area contributed by atoms with Crippen LogP contribution in [0, 0.1) is 5.41 Å². The van der Waals surface area contributed by atoms with Crippen LogP contribution < -0.4 is 4.74 Å². The average molecular weight is 327 g/mol. The second-order valence-electron chi connectivity index (χ2n) is 5.40. The first-order valence-electron chi connectivity index (χ1n) is 6.47. The van der Waals surface area contributed by atoms with E-state index in [1.165, 1.54) is 12.1 Å². The van der Waals surface area contributed by atoms with Gasteiger partial charge in [0.25, 0.3) is 0 Å². The Hall–Kier alpha value is -1.52. The Balaban J connectivity index is 1.97. The minimum absolute atomic E-state index is 0.0194. The lowest BCUT2D eigenvalue weighted by atomic mass is 9.88. The van der Waals surface area contributed by atoms with Gasteiger partial charge in [-0.2, -0.15) is 0 Å². The maximum Gasteiger partial charge on any atom is 0.216 e. The normalized spacial score (nSPS) is 11.4. The van der Waals surface area contributed by atoms with E-state index in [1.807, 2.05) is 42.9 Å². The van der Waals surface area contributed by atoms with Crippen LogP contribution in [-0.2, 0) is 11.3 Å². The number of nitrogens with zero attached hydrogens (tertiary/aromatic N) is 2. The fourth-order valence-corrected chi connectivity index (χ4v) is 2.33. The molecule has 0 fully saturated rings. The smallest absolute Gasteiger partial charge is 0.216 e. The molecule has 0 aromatic carbocycles. The van der Waals surface area contributed by atoms with Gasteiger partial charge in [-0.25, -0.2) is 4.98 Å². The summed E-state index contributed by atoms with van der Waals surface area (Å²) in [5, 5.41) is 0.653. The van der Waals surface area contributed by atoms with Gasteiger partial charge in [0.1, 0.15) is 11.8 Å². The third-order valence-corrected chi connectivity index (χ3v) is 3.50. The zero-order valence-electron chi connectivity index (χ0n) is 11.8. The third kappa shape index (κ3) is 4.48. The molecule has 21 heavy (non-hydrogen) atoms. The molecule has 112 valence electrons. The summed E-state index contributed by atoms with van der Waals surface area (Å²) in [5.74, 6) is 0.228. The van der Waals surface area contributed by atoms with E-state index in [0.29, 0.717) is 11.6 Å². The number of hydrogen-bond donors (Lipinski definition) is 0. The van der Waals surface area contributed by atoms with Gasteiger partial charge in [0.15, 0.2) is 5.78 Å². The van der Waals surface area contributed by atoms with Crippen molar-refractivity contribution in [2.45, 2.75) is 20.4 Å². The van der Waals surface area contributed by atoms with Crippen LogP contribution in [0.15, 0.2) is 36.7 Å². The number of carbonyl (C=O) groups is 1. The van der Waals surface area contributed by atoms with Crippen molar-refractivity contribution in [1.82, 2.24) is 9.55 Å². The Bertz CT molecular complexity index is 604. The number of rotatable bonds is 6. The molecule has 4 nitrogen and oxygen atoms in total. The first-order valence-corrected chi connectivity index (χ1v) is 7.22. The van der Waals surface area contributed by atoms with E-state index >= 15 is 0 Å². The summed E-state index contributed by atoms with van der Waals surface area (Å²) in [4.78, 5) is 16.3. The number of halogens is 2. The van der Waals surface area contributed by atoms with Crippen LogP contribution in [0.3, 0.4) is 0 Å². The van der Waals surface area contributed by atoms with E-state index in [4.69, 9.17) is 27.9 Å². The molecule has 0 aliphatic rings. The van der Waals surface area contributed by atoms with Gasteiger partial charge >= 0.3 is 0 Å². The van der Waals surface area contributed by atoms with E-state index in [-0.39, 0.29) is 23.4 Å². The van der Waals surface area contributed by atoms with Crippen LogP contribution >= 0.6 is 23.2 Å². The molecule has 0 aliphatic heterocycles. The molecular weight excluding hydrogens is 311 g/mol. The fourth-order valence-electron chi connectivity index (χ4n) is 1.87. The van der Waals surface area contributed by atoms with Gasteiger partial charge in [-0.15, -0.1) is 0 Å². The Kier molecular flexibility index (Phi) is 4.91. The molecule has 0 bridgehead atoms. The van der Waals surface area contributed by atoms with Crippen molar-refractivity contribution in [3.8, 4) is 5.88 Å². The Labute approximate surface area is 133 Å². The van der Waals surface area contributed by atoms with Gasteiger partial charge in [0.05, 0.1) is 0 Å². The molecule has 2 heterocycles. The molecule has 0 N–H and O–H groups in total. The van der Waals surface area contributed by atoms with Crippen molar-refractivity contribution in [3.05, 3.63) is 46.8 Å². The Morgan fingerprint density at radius 3 is 2.57 bits per heavy atom. The van der Waals surface area contributed by atoms with Crippen LogP contribution in [0.1, 0.15) is 13.8 Å². The van der Waals surface area contributed by atoms with Crippen molar-refractivity contribution in [2.24, 2.45) is 5.41 Å². The molecule has 0 spiro atoms. The van der Waals surface area contributed by atoms with Crippen molar-refractivity contribution in [2.75, 3.05) is 6.61 Å². The highest BCUT2D eigenvalue weighted by atomic mass is 35.5. The standard InChI is InChI=1S/C15H16Cl2N2O2/c1-15(2,10-19-5-3-4-6-19)12(20)9-21-14-8-11(16)7-13(17)18-14/h3-8H,9-10H2,1-2H3. The first kappa shape index (κ1) is 15.9. The summed E-state index contributed by atoms with van der Waals surface area (Å²) < 4.78 is 7.36. The number of Topliss-reactive ketones (excluding diaryl/α,β-unsaturated/α-hetero) is 1. The van der Waals surface area contributed by atoms with Crippen molar-refractivity contribution in [1.29, 1.82) is 0 Å². The highest BCUT2D eigenvalue weighted by molar-refractivity contribution is 6.34. The summed E-state index contributed by atoms with van der Waals surface area (Å²) in [5.41, 5.74) is -0.540. The van der Waals surface area contributed by atoms with Gasteiger partial charge in [-0.3, -0.25) is 4.79 Å². The highest BCUT2D eigenvalue weighted by Crippen LogP contribution is 2.23. The van der Waals surface area contributed by atoms with Gasteiger partial charge in [-0.1, -0.05) is 37.0 Å². The van der Waals surface area contributed by atoms with Gasteiger partial charge in [-0.05, 0) is 18.2 Å². The average Bonchev–Trinajstić information content (AvgIpc) is 2.86. The monoisotopic (exact) mass is 326 g/mol. The second-order valence-corrected chi connectivity index (χ2v) is 6.22. The van der Waals surface area contributed by atoms with E-state index < -0.39 is 5.41 Å². The van der Waals surface area contributed by atoms with Crippen LogP contribution in [0.4, 0.5) is 0 Å². The van der Waals surface area contributed by atoms with E-state index in [9.17, 15) is 4.79 Å². The molecule has 0 saturated carbocycles. The van der Waals surface area contributed by atoms with E-state index in [2.05, 4.69) is 4.98 Å². The molecule has 0 unspecified atom stereocenters. The second kappa shape index (κ2) is 6.50. The molecule has 2 rings (SSSR count). The minimum atomic E-state index is -0.540. The molecule has 6 heteroatoms. The topological polar surface area (TPSA) is 44.1 Å². The largest absolute Gasteiger partial charge is 0.470 e. The Morgan fingerprint density at radius 2 is 1.95 bits per heavy atom. The van der Waals surface area contributed by atoms with Gasteiger partial charge in [0.2, 0.25) is 5.88 Å². The number of aromatic nitrogens is 2. The molecule has 0 amide bonds. The molecule has 0 saturated heterocycles. The number of ketones is 1. The Morgan fingerprint density at radius 1 is 1.29 bits per heavy atom. The van der Waals surface area contributed by atoms with Crippen LogP contribution in [0.2, 0.25) is 10.2 Å². The lowest BCUT2D eigenvalue weighted by Gasteiger charge is -2.23. The van der Waals surface area contributed by atoms with Crippen molar-refractivity contribution < 1.29 is 9.53 Å². The van der Waals surface area contributed by atoms with E-state index in [1.54, 1.807) is 0 Å². The lowest BCUT2D eigenvalue weighted by molar-refractivity contribution is -0.129. The molecule has 2 aromatic heterocycles. The quantitative estimate of drug-likeness (QED) is 0.757. The zero-order chi connectivity index (χ0) is 15.5. The minimum Gasteiger partial charge on any atom is -0.470 e. The number of carbonyl (C=O) groups excluding carboxylic acids is 1. The third-order valence-electron chi connectivity index (χ3n) is 3.09. The van der Waals surface area contributed by atoms with E-state index in [0.717, 1.165) is 0 Å². The summed E-state index contributed by atoms with van der Waals surface area (Å²) in [6, 6.07) is 6.89. The summed E-state index contributed by atoms with van der Waals surface area (Å²) in [6.07, 6.45) is 3.85. The van der Waals surface area contributed by atoms with Crippen molar-refractivity contribution in [3.63, 3.8) is 0 Å². The molecule has 0 aliphatic carbocycles. The SMILES string of the molecule is CC(C)(Cn1cccc1)C(=O)COc1cc(Cl)cc(Cl)n1. The summed E-state index contributed by atoms with van der Waals surface area (Å²) in [7, 11) is 0. The predicted octanol–water partition coefficient (Wildman–Crippen LogP) is 3.86. The molecule has 2 aromatic rings. The van der Waals surface area contributed by atoms with Crippen LogP contribution in [-0.4, -0.2) is 21.9 Å². The molecule has 0 atom stereocenters. The highest BCUT2D eigenvalue weighted by Gasteiger charge is 2.28. The summed E-state index contributed by atoms with van der Waals surface area (Å²) >= 11 is 11.6. The summed E-state index contributed by atoms with van der Waals surface area (Å²) in [6.45, 7) is 4.29. The van der Waals surface area contributed by atoms with Crippen LogP contribution in [0.5, 0.6) is 5.88 Å². The number of hydrogen-bond acceptors (Lipinski definition) is 3.